The Hall–Kier alpha value is -3.11. The Morgan fingerprint density at radius 1 is 1.31 bits per heavy atom. The minimum absolute atomic E-state index is 0.0831. The van der Waals surface area contributed by atoms with Crippen molar-refractivity contribution in [1.82, 2.24) is 0 Å². The molecule has 29 heavy (non-hydrogen) atoms. The van der Waals surface area contributed by atoms with E-state index in [9.17, 15) is 4.79 Å². The van der Waals surface area contributed by atoms with Crippen LogP contribution < -0.4 is 24.3 Å². The van der Waals surface area contributed by atoms with Crippen LogP contribution in [0.2, 0.25) is 5.02 Å². The summed E-state index contributed by atoms with van der Waals surface area (Å²) in [6.07, 6.45) is 0.878. The second-order valence-electron chi connectivity index (χ2n) is 6.46. The summed E-state index contributed by atoms with van der Waals surface area (Å²) in [6.45, 7) is 4.02. The maximum absolute atomic E-state index is 12.5. The highest BCUT2D eigenvalue weighted by Gasteiger charge is 2.23. The van der Waals surface area contributed by atoms with Crippen molar-refractivity contribution in [3.05, 3.63) is 40.4 Å². The smallest absolute Gasteiger partial charge is 0.262 e. The molecule has 8 heteroatoms. The van der Waals surface area contributed by atoms with Crippen LogP contribution in [-0.4, -0.2) is 32.3 Å². The lowest BCUT2D eigenvalue weighted by molar-refractivity contribution is -0.118. The third-order valence-corrected chi connectivity index (χ3v) is 4.56. The van der Waals surface area contributed by atoms with Crippen LogP contribution in [0.1, 0.15) is 25.0 Å². The molecule has 0 radical (unpaired) electrons. The molecule has 1 aliphatic rings. The number of ether oxygens (including phenoxy) is 4. The molecule has 1 N–H and O–H groups in total. The summed E-state index contributed by atoms with van der Waals surface area (Å²) in [5.74, 6) is 1.37. The zero-order valence-corrected chi connectivity index (χ0v) is 17.1. The van der Waals surface area contributed by atoms with Gasteiger partial charge in [-0.1, -0.05) is 11.6 Å². The van der Waals surface area contributed by atoms with E-state index in [0.29, 0.717) is 23.6 Å². The van der Waals surface area contributed by atoms with Crippen LogP contribution >= 0.6 is 11.6 Å². The summed E-state index contributed by atoms with van der Waals surface area (Å²) in [6, 6.07) is 8.57. The molecule has 1 atom stereocenters. The highest BCUT2D eigenvalue weighted by Crippen LogP contribution is 2.38. The lowest BCUT2D eigenvalue weighted by atomic mass is 10.1. The fourth-order valence-corrected chi connectivity index (χ4v) is 3.33. The van der Waals surface area contributed by atoms with E-state index in [4.69, 9.17) is 35.8 Å². The Bertz CT molecular complexity index is 971. The summed E-state index contributed by atoms with van der Waals surface area (Å²) < 4.78 is 22.2. The highest BCUT2D eigenvalue weighted by molar-refractivity contribution is 6.32. The Morgan fingerprint density at radius 2 is 2.10 bits per heavy atom. The molecule has 2 aromatic rings. The largest absolute Gasteiger partial charge is 0.493 e. The van der Waals surface area contributed by atoms with Gasteiger partial charge in [-0.05, 0) is 26.0 Å². The Labute approximate surface area is 174 Å². The van der Waals surface area contributed by atoms with E-state index in [-0.39, 0.29) is 29.2 Å². The first-order valence-corrected chi connectivity index (χ1v) is 9.49. The van der Waals surface area contributed by atoms with Gasteiger partial charge in [0.15, 0.2) is 18.1 Å². The van der Waals surface area contributed by atoms with Crippen molar-refractivity contribution in [3.8, 4) is 29.1 Å². The maximum atomic E-state index is 12.5. The average Bonchev–Trinajstić information content (AvgIpc) is 3.05. The van der Waals surface area contributed by atoms with Gasteiger partial charge in [-0.2, -0.15) is 5.26 Å². The van der Waals surface area contributed by atoms with Gasteiger partial charge in [-0.15, -0.1) is 0 Å². The monoisotopic (exact) mass is 416 g/mol. The molecular formula is C21H21ClN2O5. The predicted molar refractivity (Wildman–Crippen MR) is 108 cm³/mol. The SMILES string of the molecule is CCOc1cc2c(cc1NC(=O)COc1c(Cl)cc(C#N)cc1OC)O[C@H](C)C2. The number of amides is 1. The number of methoxy groups -OCH3 is 1. The van der Waals surface area contributed by atoms with Gasteiger partial charge in [0, 0.05) is 24.1 Å². The number of benzene rings is 2. The third-order valence-electron chi connectivity index (χ3n) is 4.28. The first kappa shape index (κ1) is 20.6. The van der Waals surface area contributed by atoms with Crippen LogP contribution in [0.25, 0.3) is 0 Å². The van der Waals surface area contributed by atoms with E-state index in [2.05, 4.69) is 5.32 Å². The number of nitrogens with zero attached hydrogens (tertiary/aromatic N) is 1. The zero-order chi connectivity index (χ0) is 21.0. The van der Waals surface area contributed by atoms with E-state index in [1.165, 1.54) is 19.2 Å². The lowest BCUT2D eigenvalue weighted by Gasteiger charge is -2.15. The molecule has 0 spiro atoms. The third kappa shape index (κ3) is 4.66. The molecule has 3 rings (SSSR count). The molecule has 0 fully saturated rings. The van der Waals surface area contributed by atoms with Crippen molar-refractivity contribution >= 4 is 23.2 Å². The van der Waals surface area contributed by atoms with Gasteiger partial charge in [0.25, 0.3) is 5.91 Å². The van der Waals surface area contributed by atoms with Crippen molar-refractivity contribution in [2.75, 3.05) is 25.6 Å². The Morgan fingerprint density at radius 3 is 2.79 bits per heavy atom. The summed E-state index contributed by atoms with van der Waals surface area (Å²) in [5.41, 5.74) is 1.88. The quantitative estimate of drug-likeness (QED) is 0.734. The summed E-state index contributed by atoms with van der Waals surface area (Å²) in [5, 5.41) is 12.0. The van der Waals surface area contributed by atoms with E-state index >= 15 is 0 Å². The number of fused-ring (bicyclic) bond motifs is 1. The van der Waals surface area contributed by atoms with E-state index in [1.54, 1.807) is 6.07 Å². The van der Waals surface area contributed by atoms with Crippen molar-refractivity contribution in [2.24, 2.45) is 0 Å². The first-order chi connectivity index (χ1) is 13.9. The number of rotatable bonds is 7. The molecule has 7 nitrogen and oxygen atoms in total. The molecule has 2 aromatic carbocycles. The number of hydrogen-bond donors (Lipinski definition) is 1. The van der Waals surface area contributed by atoms with Gasteiger partial charge >= 0.3 is 0 Å². The van der Waals surface area contributed by atoms with Crippen molar-refractivity contribution < 1.29 is 23.7 Å². The second kappa shape index (κ2) is 8.93. The Balaban J connectivity index is 1.74. The molecule has 0 aliphatic carbocycles. The summed E-state index contributed by atoms with van der Waals surface area (Å²) in [4.78, 5) is 12.5. The normalized spacial score (nSPS) is 14.4. The van der Waals surface area contributed by atoms with Crippen LogP contribution in [0.3, 0.4) is 0 Å². The van der Waals surface area contributed by atoms with Crippen LogP contribution in [0.4, 0.5) is 5.69 Å². The molecule has 152 valence electrons. The maximum Gasteiger partial charge on any atom is 0.262 e. The van der Waals surface area contributed by atoms with E-state index in [1.807, 2.05) is 26.0 Å². The topological polar surface area (TPSA) is 89.8 Å². The molecule has 1 amide bonds. The van der Waals surface area contributed by atoms with E-state index < -0.39 is 5.91 Å². The summed E-state index contributed by atoms with van der Waals surface area (Å²) in [7, 11) is 1.43. The van der Waals surface area contributed by atoms with Crippen LogP contribution in [0, 0.1) is 11.3 Å². The fourth-order valence-electron chi connectivity index (χ4n) is 3.06. The minimum atomic E-state index is -0.403. The number of anilines is 1. The van der Waals surface area contributed by atoms with Gasteiger partial charge in [0.2, 0.25) is 0 Å². The van der Waals surface area contributed by atoms with Crippen molar-refractivity contribution in [1.29, 1.82) is 5.26 Å². The number of carbonyl (C=O) groups excluding carboxylic acids is 1. The fraction of sp³-hybridized carbons (Fsp3) is 0.333. The molecule has 1 aliphatic heterocycles. The molecule has 0 saturated carbocycles. The number of halogens is 1. The van der Waals surface area contributed by atoms with Gasteiger partial charge in [0.05, 0.1) is 36.1 Å². The van der Waals surface area contributed by atoms with Crippen molar-refractivity contribution in [3.63, 3.8) is 0 Å². The summed E-state index contributed by atoms with van der Waals surface area (Å²) >= 11 is 6.16. The predicted octanol–water partition coefficient (Wildman–Crippen LogP) is 3.96. The van der Waals surface area contributed by atoms with Crippen LogP contribution in [-0.2, 0) is 11.2 Å². The molecule has 1 heterocycles. The molecule has 0 saturated heterocycles. The number of hydrogen-bond acceptors (Lipinski definition) is 6. The first-order valence-electron chi connectivity index (χ1n) is 9.11. The van der Waals surface area contributed by atoms with Crippen LogP contribution in [0.5, 0.6) is 23.0 Å². The standard InChI is InChI=1S/C21H21ClN2O5/c1-4-27-18-8-14-5-12(2)29-17(14)9-16(18)24-20(25)11-28-21-15(22)6-13(10-23)7-19(21)26-3/h6-9,12H,4-5,11H2,1-3H3,(H,24,25)/t12-/m1/s1. The van der Waals surface area contributed by atoms with Gasteiger partial charge in [-0.3, -0.25) is 4.79 Å². The number of nitriles is 1. The second-order valence-corrected chi connectivity index (χ2v) is 6.87. The Kier molecular flexibility index (Phi) is 6.35. The molecule has 0 aromatic heterocycles. The van der Waals surface area contributed by atoms with Gasteiger partial charge in [0.1, 0.15) is 17.6 Å². The number of nitrogens with one attached hydrogen (secondary N) is 1. The minimum Gasteiger partial charge on any atom is -0.493 e. The zero-order valence-electron chi connectivity index (χ0n) is 16.4. The highest BCUT2D eigenvalue weighted by atomic mass is 35.5. The molecule has 0 bridgehead atoms. The lowest BCUT2D eigenvalue weighted by Crippen LogP contribution is -2.21. The average molecular weight is 417 g/mol. The van der Waals surface area contributed by atoms with Crippen molar-refractivity contribution in [2.45, 2.75) is 26.4 Å². The van der Waals surface area contributed by atoms with E-state index in [0.717, 1.165) is 17.7 Å². The van der Waals surface area contributed by atoms with Crippen LogP contribution in [0.15, 0.2) is 24.3 Å². The molecule has 0 unspecified atom stereocenters. The number of carbonyl (C=O) groups is 1. The van der Waals surface area contributed by atoms with Gasteiger partial charge < -0.3 is 24.3 Å². The van der Waals surface area contributed by atoms with Gasteiger partial charge in [-0.25, -0.2) is 0 Å². The molecular weight excluding hydrogens is 396 g/mol.